The number of anilines is 1. The van der Waals surface area contributed by atoms with Crippen LogP contribution in [0.2, 0.25) is 0 Å². The number of amides is 1. The summed E-state index contributed by atoms with van der Waals surface area (Å²) < 4.78 is 16.0. The van der Waals surface area contributed by atoms with Crippen LogP contribution in [-0.4, -0.2) is 20.7 Å². The van der Waals surface area contributed by atoms with Crippen molar-refractivity contribution in [2.45, 2.75) is 32.7 Å². The first-order valence-electron chi connectivity index (χ1n) is 6.63. The smallest absolute Gasteiger partial charge is 0.222 e. The summed E-state index contributed by atoms with van der Waals surface area (Å²) in [7, 11) is 0. The molecular weight excluding hydrogens is 259 g/mol. The van der Waals surface area contributed by atoms with Gasteiger partial charge in [0.2, 0.25) is 5.91 Å². The summed E-state index contributed by atoms with van der Waals surface area (Å²) in [4.78, 5) is 14.9. The van der Waals surface area contributed by atoms with Crippen LogP contribution in [0.5, 0.6) is 0 Å². The zero-order chi connectivity index (χ0) is 14.1. The molecule has 1 amide bonds. The average Bonchev–Trinajstić information content (AvgIpc) is 2.84. The van der Waals surface area contributed by atoms with Crippen LogP contribution >= 0.6 is 0 Å². The highest BCUT2D eigenvalue weighted by molar-refractivity contribution is 5.88. The molecule has 0 aliphatic carbocycles. The van der Waals surface area contributed by atoms with Gasteiger partial charge in [-0.05, 0) is 25.3 Å². The molecule has 3 heterocycles. The summed E-state index contributed by atoms with van der Waals surface area (Å²) in [6, 6.07) is 1.56. The second-order valence-electron chi connectivity index (χ2n) is 4.92. The van der Waals surface area contributed by atoms with Gasteiger partial charge < -0.3 is 5.32 Å². The summed E-state index contributed by atoms with van der Waals surface area (Å²) in [6.07, 6.45) is 5.91. The molecule has 5 nitrogen and oxygen atoms in total. The van der Waals surface area contributed by atoms with E-state index in [-0.39, 0.29) is 5.91 Å². The molecular formula is C14H15FN4O. The predicted molar refractivity (Wildman–Crippen MR) is 72.7 cm³/mol. The molecule has 2 aromatic heterocycles. The minimum absolute atomic E-state index is 0.230. The largest absolute Gasteiger partial charge is 0.311 e. The number of carbonyl (C=O) groups is 1. The molecule has 0 atom stereocenters. The van der Waals surface area contributed by atoms with Crippen LogP contribution in [0.4, 0.5) is 10.2 Å². The van der Waals surface area contributed by atoms with Crippen molar-refractivity contribution in [3.05, 3.63) is 30.0 Å². The number of aromatic nitrogens is 3. The Kier molecular flexibility index (Phi) is 3.22. The van der Waals surface area contributed by atoms with E-state index >= 15 is 0 Å². The van der Waals surface area contributed by atoms with Crippen LogP contribution in [-0.2, 0) is 17.8 Å². The standard InChI is InChI=1S/C14H15FN4O/c1-9(20)18-14-6-10(12(15)8-16-14)11-7-17-19-5-3-2-4-13(11)19/h6-8H,2-5H2,1H3,(H,16,18,20). The number of hydrogen-bond donors (Lipinski definition) is 1. The first-order valence-corrected chi connectivity index (χ1v) is 6.63. The zero-order valence-electron chi connectivity index (χ0n) is 11.2. The highest BCUT2D eigenvalue weighted by Gasteiger charge is 2.19. The highest BCUT2D eigenvalue weighted by Crippen LogP contribution is 2.30. The fraction of sp³-hybridized carbons (Fsp3) is 0.357. The summed E-state index contributed by atoms with van der Waals surface area (Å²) >= 11 is 0. The normalized spacial score (nSPS) is 13.9. The van der Waals surface area contributed by atoms with Gasteiger partial charge in [0.05, 0.1) is 12.4 Å². The summed E-state index contributed by atoms with van der Waals surface area (Å²) in [6.45, 7) is 2.27. The number of aryl methyl sites for hydroxylation is 1. The van der Waals surface area contributed by atoms with Crippen molar-refractivity contribution in [3.8, 4) is 11.1 Å². The molecule has 0 saturated heterocycles. The summed E-state index contributed by atoms with van der Waals surface area (Å²) in [5, 5.41) is 6.88. The molecule has 0 unspecified atom stereocenters. The third-order valence-corrected chi connectivity index (χ3v) is 3.43. The number of fused-ring (bicyclic) bond motifs is 1. The number of rotatable bonds is 2. The zero-order valence-corrected chi connectivity index (χ0v) is 11.2. The third-order valence-electron chi connectivity index (χ3n) is 3.43. The second kappa shape index (κ2) is 5.03. The maximum Gasteiger partial charge on any atom is 0.222 e. The van der Waals surface area contributed by atoms with Crippen molar-refractivity contribution in [2.24, 2.45) is 0 Å². The van der Waals surface area contributed by atoms with Gasteiger partial charge in [-0.25, -0.2) is 9.37 Å². The quantitative estimate of drug-likeness (QED) is 0.914. The van der Waals surface area contributed by atoms with Gasteiger partial charge in [0.1, 0.15) is 11.6 Å². The summed E-state index contributed by atoms with van der Waals surface area (Å²) in [5.74, 6) is -0.280. The maximum atomic E-state index is 14.0. The van der Waals surface area contributed by atoms with Gasteiger partial charge in [0.25, 0.3) is 0 Å². The molecule has 0 saturated carbocycles. The number of pyridine rings is 1. The molecule has 1 aliphatic rings. The van der Waals surface area contributed by atoms with Crippen molar-refractivity contribution in [3.63, 3.8) is 0 Å². The molecule has 1 aliphatic heterocycles. The molecule has 104 valence electrons. The van der Waals surface area contributed by atoms with Gasteiger partial charge in [-0.2, -0.15) is 5.10 Å². The van der Waals surface area contributed by atoms with Crippen LogP contribution in [0.1, 0.15) is 25.5 Å². The van der Waals surface area contributed by atoms with E-state index in [1.165, 1.54) is 6.92 Å². The van der Waals surface area contributed by atoms with Gasteiger partial charge in [0.15, 0.2) is 0 Å². The molecule has 6 heteroatoms. The van der Waals surface area contributed by atoms with Crippen LogP contribution < -0.4 is 5.32 Å². The Balaban J connectivity index is 2.05. The van der Waals surface area contributed by atoms with E-state index < -0.39 is 5.82 Å². The SMILES string of the molecule is CC(=O)Nc1cc(-c2cnn3c2CCCC3)c(F)cn1. The maximum absolute atomic E-state index is 14.0. The van der Waals surface area contributed by atoms with Crippen LogP contribution in [0.3, 0.4) is 0 Å². The number of halogens is 1. The highest BCUT2D eigenvalue weighted by atomic mass is 19.1. The van der Waals surface area contributed by atoms with Gasteiger partial charge in [-0.1, -0.05) is 0 Å². The van der Waals surface area contributed by atoms with Gasteiger partial charge in [-0.15, -0.1) is 0 Å². The second-order valence-corrected chi connectivity index (χ2v) is 4.92. The lowest BCUT2D eigenvalue weighted by Crippen LogP contribution is -2.11. The minimum atomic E-state index is -0.402. The van der Waals surface area contributed by atoms with Crippen LogP contribution in [0.15, 0.2) is 18.5 Å². The molecule has 0 bridgehead atoms. The Morgan fingerprint density at radius 1 is 1.35 bits per heavy atom. The lowest BCUT2D eigenvalue weighted by Gasteiger charge is -2.15. The molecule has 1 N–H and O–H groups in total. The Morgan fingerprint density at radius 2 is 2.20 bits per heavy atom. The van der Waals surface area contributed by atoms with Crippen molar-refractivity contribution < 1.29 is 9.18 Å². The van der Waals surface area contributed by atoms with Gasteiger partial charge >= 0.3 is 0 Å². The van der Waals surface area contributed by atoms with Gasteiger partial charge in [0, 0.05) is 30.3 Å². The Hall–Kier alpha value is -2.24. The lowest BCUT2D eigenvalue weighted by molar-refractivity contribution is -0.114. The fourth-order valence-electron chi connectivity index (χ4n) is 2.54. The average molecular weight is 274 g/mol. The van der Waals surface area contributed by atoms with E-state index in [1.54, 1.807) is 12.3 Å². The molecule has 3 rings (SSSR count). The molecule has 0 aromatic carbocycles. The first kappa shape index (κ1) is 12.8. The minimum Gasteiger partial charge on any atom is -0.311 e. The van der Waals surface area contributed by atoms with Crippen molar-refractivity contribution in [2.75, 3.05) is 5.32 Å². The van der Waals surface area contributed by atoms with Crippen molar-refractivity contribution >= 4 is 11.7 Å². The van der Waals surface area contributed by atoms with Crippen molar-refractivity contribution in [1.29, 1.82) is 0 Å². The molecule has 2 aromatic rings. The molecule has 0 radical (unpaired) electrons. The Morgan fingerprint density at radius 3 is 3.00 bits per heavy atom. The summed E-state index contributed by atoms with van der Waals surface area (Å²) in [5.41, 5.74) is 2.28. The first-order chi connectivity index (χ1) is 9.65. The number of hydrogen-bond acceptors (Lipinski definition) is 3. The Labute approximate surface area is 115 Å². The molecule has 0 fully saturated rings. The third kappa shape index (κ3) is 2.29. The van der Waals surface area contributed by atoms with E-state index in [4.69, 9.17) is 0 Å². The van der Waals surface area contributed by atoms with Gasteiger partial charge in [-0.3, -0.25) is 9.48 Å². The number of carbonyl (C=O) groups excluding carboxylic acids is 1. The van der Waals surface area contributed by atoms with E-state index in [1.807, 2.05) is 4.68 Å². The van der Waals surface area contributed by atoms with E-state index in [0.717, 1.165) is 43.3 Å². The lowest BCUT2D eigenvalue weighted by atomic mass is 10.0. The topological polar surface area (TPSA) is 59.8 Å². The molecule has 20 heavy (non-hydrogen) atoms. The van der Waals surface area contributed by atoms with E-state index in [9.17, 15) is 9.18 Å². The number of nitrogens with zero attached hydrogens (tertiary/aromatic N) is 3. The monoisotopic (exact) mass is 274 g/mol. The predicted octanol–water partition coefficient (Wildman–Crippen LogP) is 2.38. The molecule has 0 spiro atoms. The fourth-order valence-corrected chi connectivity index (χ4v) is 2.54. The van der Waals surface area contributed by atoms with E-state index in [0.29, 0.717) is 11.4 Å². The Bertz CT molecular complexity index is 665. The number of nitrogens with one attached hydrogen (secondary N) is 1. The van der Waals surface area contributed by atoms with Crippen LogP contribution in [0.25, 0.3) is 11.1 Å². The van der Waals surface area contributed by atoms with E-state index in [2.05, 4.69) is 15.4 Å². The van der Waals surface area contributed by atoms with Crippen molar-refractivity contribution in [1.82, 2.24) is 14.8 Å². The van der Waals surface area contributed by atoms with Crippen LogP contribution in [0, 0.1) is 5.82 Å².